The van der Waals surface area contributed by atoms with Gasteiger partial charge in [-0.1, -0.05) is 11.8 Å². The van der Waals surface area contributed by atoms with Crippen molar-refractivity contribution < 1.29 is 26.7 Å². The smallest absolute Gasteiger partial charge is 0.288 e. The fourth-order valence-corrected chi connectivity index (χ4v) is 1.37. The summed E-state index contributed by atoms with van der Waals surface area (Å²) in [5, 5.41) is -0.268. The maximum absolute atomic E-state index is 12.6. The molecule has 0 saturated carbocycles. The van der Waals surface area contributed by atoms with Crippen LogP contribution < -0.4 is 0 Å². The van der Waals surface area contributed by atoms with Gasteiger partial charge in [0.15, 0.2) is 11.8 Å². The van der Waals surface area contributed by atoms with Gasteiger partial charge in [-0.25, -0.2) is 4.39 Å². The highest BCUT2D eigenvalue weighted by Crippen LogP contribution is 2.38. The number of carbonyl (C=O) groups is 1. The van der Waals surface area contributed by atoms with Crippen molar-refractivity contribution in [3.63, 3.8) is 0 Å². The molecule has 0 fully saturated rings. The summed E-state index contributed by atoms with van der Waals surface area (Å²) in [4.78, 5) is 10.4. The second-order valence-corrected chi connectivity index (χ2v) is 4.26. The number of halogens is 5. The largest absolute Gasteiger partial charge is 0.337 e. The minimum atomic E-state index is -4.62. The Hall–Kier alpha value is -0.330. The molecule has 0 unspecified atom stereocenters. The zero-order valence-electron chi connectivity index (χ0n) is 8.03. The number of hydrogen-bond acceptors (Lipinski definition) is 2. The minimum absolute atomic E-state index is 0.0350. The Morgan fingerprint density at radius 2 is 1.73 bits per heavy atom. The highest BCUT2D eigenvalue weighted by Gasteiger charge is 2.55. The van der Waals surface area contributed by atoms with E-state index >= 15 is 0 Å². The first-order valence-corrected chi connectivity index (χ1v) is 5.16. The molecule has 0 aliphatic rings. The fourth-order valence-electron chi connectivity index (χ4n) is 0.791. The van der Waals surface area contributed by atoms with Gasteiger partial charge in [-0.15, -0.1) is 0 Å². The van der Waals surface area contributed by atoms with Gasteiger partial charge in [-0.05, 0) is 6.42 Å². The maximum Gasteiger partial charge on any atom is 0.337 e. The zero-order chi connectivity index (χ0) is 12.1. The van der Waals surface area contributed by atoms with Crippen LogP contribution in [0.5, 0.6) is 0 Å². The van der Waals surface area contributed by atoms with Crippen LogP contribution in [0.3, 0.4) is 0 Å². The molecule has 0 aromatic heterocycles. The molecule has 0 N–H and O–H groups in total. The molecule has 90 valence electrons. The van der Waals surface area contributed by atoms with Gasteiger partial charge in [0.05, 0.1) is 0 Å². The van der Waals surface area contributed by atoms with Gasteiger partial charge in [0.1, 0.15) is 0 Å². The summed E-state index contributed by atoms with van der Waals surface area (Å²) in [7, 11) is 0. The van der Waals surface area contributed by atoms with Gasteiger partial charge in [0.2, 0.25) is 0 Å². The van der Waals surface area contributed by atoms with Crippen LogP contribution in [0.1, 0.15) is 19.8 Å². The van der Waals surface area contributed by atoms with E-state index in [1.54, 1.807) is 0 Å². The lowest BCUT2D eigenvalue weighted by atomic mass is 10.1. The first-order valence-electron chi connectivity index (χ1n) is 4.18. The number of carbonyl (C=O) groups excluding carboxylic acids is 1. The Balaban J connectivity index is 3.99. The minimum Gasteiger partial charge on any atom is -0.288 e. The fraction of sp³-hybridized carbons (Fsp3) is 0.875. The average Bonchev–Trinajstić information content (AvgIpc) is 2.12. The second kappa shape index (κ2) is 5.67. The number of hydrogen-bond donors (Lipinski definition) is 0. The normalized spacial score (nSPS) is 12.9. The van der Waals surface area contributed by atoms with Crippen molar-refractivity contribution in [3.05, 3.63) is 0 Å². The quantitative estimate of drug-likeness (QED) is 0.531. The van der Waals surface area contributed by atoms with Gasteiger partial charge in [-0.3, -0.25) is 4.79 Å². The molecule has 0 amide bonds. The molecule has 0 radical (unpaired) electrons. The van der Waals surface area contributed by atoms with Crippen LogP contribution in [0.4, 0.5) is 22.0 Å². The molecule has 1 nitrogen and oxygen atoms in total. The van der Waals surface area contributed by atoms with Gasteiger partial charge in [-0.2, -0.15) is 17.6 Å². The van der Waals surface area contributed by atoms with Crippen molar-refractivity contribution in [1.29, 1.82) is 0 Å². The Labute approximate surface area is 88.4 Å². The van der Waals surface area contributed by atoms with E-state index in [0.717, 1.165) is 11.8 Å². The van der Waals surface area contributed by atoms with E-state index in [9.17, 15) is 26.7 Å². The first-order chi connectivity index (χ1) is 6.73. The van der Waals surface area contributed by atoms with Crippen LogP contribution in [0.15, 0.2) is 0 Å². The second-order valence-electron chi connectivity index (χ2n) is 2.99. The first kappa shape index (κ1) is 14.7. The molecule has 0 aromatic carbocycles. The molecule has 7 heteroatoms. The Bertz CT molecular complexity index is 219. The summed E-state index contributed by atoms with van der Waals surface area (Å²) in [5.74, 6) is -8.93. The van der Waals surface area contributed by atoms with Gasteiger partial charge >= 0.3 is 11.8 Å². The highest BCUT2D eigenvalue weighted by atomic mass is 32.2. The molecule has 0 aliphatic carbocycles. The van der Waals surface area contributed by atoms with Crippen molar-refractivity contribution in [1.82, 2.24) is 0 Å². The van der Waals surface area contributed by atoms with E-state index in [-0.39, 0.29) is 17.3 Å². The predicted octanol–water partition coefficient (Wildman–Crippen LogP) is 3.29. The molecule has 0 spiro atoms. The van der Waals surface area contributed by atoms with Gasteiger partial charge in [0.25, 0.3) is 0 Å². The summed E-state index contributed by atoms with van der Waals surface area (Å²) in [5.41, 5.74) is 0. The Morgan fingerprint density at radius 3 is 2.13 bits per heavy atom. The monoisotopic (exact) mass is 250 g/mol. The highest BCUT2D eigenvalue weighted by molar-refractivity contribution is 8.13. The summed E-state index contributed by atoms with van der Waals surface area (Å²) in [6.07, 6.45) is -1.38. The molecule has 0 saturated heterocycles. The summed E-state index contributed by atoms with van der Waals surface area (Å²) < 4.78 is 61.5. The summed E-state index contributed by atoms with van der Waals surface area (Å²) in [6, 6.07) is 0. The van der Waals surface area contributed by atoms with Gasteiger partial charge < -0.3 is 0 Å². The third-order valence-corrected chi connectivity index (χ3v) is 2.54. The Kier molecular flexibility index (Phi) is 5.55. The molecule has 0 rings (SSSR count). The molecule has 0 heterocycles. The molecule has 0 atom stereocenters. The van der Waals surface area contributed by atoms with Crippen molar-refractivity contribution >= 4 is 16.9 Å². The average molecular weight is 250 g/mol. The maximum atomic E-state index is 12.6. The molecular weight excluding hydrogens is 239 g/mol. The number of alkyl halides is 5. The van der Waals surface area contributed by atoms with E-state index in [1.807, 2.05) is 0 Å². The van der Waals surface area contributed by atoms with E-state index in [1.165, 1.54) is 6.92 Å². The molecule has 0 aromatic rings. The van der Waals surface area contributed by atoms with Gasteiger partial charge in [0, 0.05) is 19.1 Å². The number of thioether (sulfide) groups is 1. The van der Waals surface area contributed by atoms with Crippen molar-refractivity contribution in [2.75, 3.05) is 12.4 Å². The van der Waals surface area contributed by atoms with Crippen LogP contribution in [-0.4, -0.2) is 29.4 Å². The SMILES string of the molecule is CC(=O)SCCCC(F)(F)C(F)(F)CF. The molecular formula is C8H11F5OS. The zero-order valence-corrected chi connectivity index (χ0v) is 8.85. The van der Waals surface area contributed by atoms with Crippen LogP contribution >= 0.6 is 11.8 Å². The van der Waals surface area contributed by atoms with Crippen molar-refractivity contribution in [2.45, 2.75) is 31.6 Å². The van der Waals surface area contributed by atoms with E-state index in [2.05, 4.69) is 0 Å². The summed E-state index contributed by atoms with van der Waals surface area (Å²) >= 11 is 0.779. The van der Waals surface area contributed by atoms with Crippen molar-refractivity contribution in [2.24, 2.45) is 0 Å². The number of rotatable bonds is 6. The third-order valence-electron chi connectivity index (χ3n) is 1.64. The van der Waals surface area contributed by atoms with Crippen LogP contribution in [0, 0.1) is 0 Å². The lowest BCUT2D eigenvalue weighted by molar-refractivity contribution is -0.218. The van der Waals surface area contributed by atoms with E-state index < -0.39 is 24.9 Å². The van der Waals surface area contributed by atoms with Crippen LogP contribution in [0.2, 0.25) is 0 Å². The van der Waals surface area contributed by atoms with Crippen LogP contribution in [-0.2, 0) is 4.79 Å². The Morgan fingerprint density at radius 1 is 1.20 bits per heavy atom. The topological polar surface area (TPSA) is 17.1 Å². The van der Waals surface area contributed by atoms with E-state index in [0.29, 0.717) is 0 Å². The predicted molar refractivity (Wildman–Crippen MR) is 48.2 cm³/mol. The standard InChI is InChI=1S/C8H11F5OS/c1-6(14)15-4-2-3-7(10,11)8(12,13)5-9/h2-5H2,1H3. The molecule has 0 aliphatic heterocycles. The molecule has 0 bridgehead atoms. The van der Waals surface area contributed by atoms with Crippen molar-refractivity contribution in [3.8, 4) is 0 Å². The molecule has 15 heavy (non-hydrogen) atoms. The summed E-state index contributed by atoms with van der Waals surface area (Å²) in [6.45, 7) is -1.13. The third kappa shape index (κ3) is 4.81. The lowest BCUT2D eigenvalue weighted by Gasteiger charge is -2.23. The van der Waals surface area contributed by atoms with Crippen LogP contribution in [0.25, 0.3) is 0 Å². The van der Waals surface area contributed by atoms with E-state index in [4.69, 9.17) is 0 Å². The lowest BCUT2D eigenvalue weighted by Crippen LogP contribution is -2.42.